The molecule has 0 bridgehead atoms. The number of aromatic amines is 1. The second-order valence-corrected chi connectivity index (χ2v) is 6.13. The number of para-hydroxylation sites is 2. The van der Waals surface area contributed by atoms with Gasteiger partial charge >= 0.3 is 0 Å². The first kappa shape index (κ1) is 17.2. The van der Waals surface area contributed by atoms with Crippen LogP contribution in [0.15, 0.2) is 54.6 Å². The minimum atomic E-state index is -0.276. The summed E-state index contributed by atoms with van der Waals surface area (Å²) >= 11 is 0. The van der Waals surface area contributed by atoms with E-state index in [2.05, 4.69) is 22.2 Å². The molecule has 0 aliphatic heterocycles. The van der Waals surface area contributed by atoms with Crippen LogP contribution in [0.5, 0.6) is 0 Å². The van der Waals surface area contributed by atoms with Crippen LogP contribution in [0.4, 0.5) is 0 Å². The number of imidazole rings is 1. The molecule has 1 heterocycles. The van der Waals surface area contributed by atoms with Crippen molar-refractivity contribution in [3.63, 3.8) is 0 Å². The van der Waals surface area contributed by atoms with Gasteiger partial charge < -0.3 is 10.3 Å². The van der Waals surface area contributed by atoms with Gasteiger partial charge in [-0.15, -0.1) is 0 Å². The van der Waals surface area contributed by atoms with E-state index in [4.69, 9.17) is 0 Å². The van der Waals surface area contributed by atoms with Crippen LogP contribution in [-0.2, 0) is 11.2 Å². The van der Waals surface area contributed by atoms with Crippen LogP contribution in [0.1, 0.15) is 24.4 Å². The quantitative estimate of drug-likeness (QED) is 0.697. The highest BCUT2D eigenvalue weighted by molar-refractivity contribution is 5.83. The molecule has 5 nitrogen and oxygen atoms in total. The second-order valence-electron chi connectivity index (χ2n) is 6.13. The van der Waals surface area contributed by atoms with E-state index in [0.717, 1.165) is 29.0 Å². The highest BCUT2D eigenvalue weighted by Crippen LogP contribution is 2.19. The van der Waals surface area contributed by atoms with Crippen LogP contribution >= 0.6 is 0 Å². The van der Waals surface area contributed by atoms with Gasteiger partial charge in [0.25, 0.3) is 0 Å². The van der Waals surface area contributed by atoms with Crippen molar-refractivity contribution < 1.29 is 4.79 Å². The molecule has 3 aromatic rings. The van der Waals surface area contributed by atoms with Crippen LogP contribution < -0.4 is 5.32 Å². The fourth-order valence-corrected chi connectivity index (χ4v) is 2.95. The van der Waals surface area contributed by atoms with Gasteiger partial charge in [-0.2, -0.15) is 0 Å². The van der Waals surface area contributed by atoms with Crippen molar-refractivity contribution in [2.24, 2.45) is 0 Å². The number of carbonyl (C=O) groups excluding carboxylic acids is 1. The van der Waals surface area contributed by atoms with Gasteiger partial charge in [0.2, 0.25) is 5.91 Å². The molecule has 3 rings (SSSR count). The summed E-state index contributed by atoms with van der Waals surface area (Å²) in [5.41, 5.74) is 2.99. The predicted molar refractivity (Wildman–Crippen MR) is 100 cm³/mol. The zero-order chi connectivity index (χ0) is 17.6. The average molecular weight is 336 g/mol. The molecule has 25 heavy (non-hydrogen) atoms. The van der Waals surface area contributed by atoms with Crippen LogP contribution in [0.3, 0.4) is 0 Å². The molecule has 0 radical (unpaired) electrons. The fraction of sp³-hybridized carbons (Fsp3) is 0.300. The molecule has 2 N–H and O–H groups in total. The highest BCUT2D eigenvalue weighted by Gasteiger charge is 2.23. The SMILES string of the molecule is CCN(C)[C@H](C(=O)NCCc1nc2ccccc2[nH]1)c1ccccc1. The maximum atomic E-state index is 12.7. The van der Waals surface area contributed by atoms with Crippen LogP contribution in [-0.4, -0.2) is 40.9 Å². The summed E-state index contributed by atoms with van der Waals surface area (Å²) in [5.74, 6) is 0.910. The molecule has 1 aromatic heterocycles. The van der Waals surface area contributed by atoms with E-state index in [0.29, 0.717) is 13.0 Å². The number of nitrogens with one attached hydrogen (secondary N) is 2. The maximum Gasteiger partial charge on any atom is 0.241 e. The number of likely N-dealkylation sites (N-methyl/N-ethyl adjacent to an activating group) is 1. The first-order chi connectivity index (χ1) is 12.2. The van der Waals surface area contributed by atoms with E-state index >= 15 is 0 Å². The maximum absolute atomic E-state index is 12.7. The lowest BCUT2D eigenvalue weighted by Gasteiger charge is -2.26. The van der Waals surface area contributed by atoms with E-state index in [-0.39, 0.29) is 11.9 Å². The van der Waals surface area contributed by atoms with Crippen molar-refractivity contribution in [1.82, 2.24) is 20.2 Å². The molecular weight excluding hydrogens is 312 g/mol. The van der Waals surface area contributed by atoms with E-state index in [1.807, 2.05) is 66.5 Å². The van der Waals surface area contributed by atoms with Gasteiger partial charge in [0.1, 0.15) is 11.9 Å². The van der Waals surface area contributed by atoms with Gasteiger partial charge in [0.05, 0.1) is 11.0 Å². The van der Waals surface area contributed by atoms with Crippen LogP contribution in [0.25, 0.3) is 11.0 Å². The third-order valence-electron chi connectivity index (χ3n) is 4.40. The topological polar surface area (TPSA) is 61.0 Å². The molecule has 0 saturated heterocycles. The lowest BCUT2D eigenvalue weighted by atomic mass is 10.0. The Hall–Kier alpha value is -2.66. The van der Waals surface area contributed by atoms with Crippen molar-refractivity contribution in [3.8, 4) is 0 Å². The molecule has 0 aliphatic carbocycles. The van der Waals surface area contributed by atoms with Gasteiger partial charge in [-0.25, -0.2) is 4.98 Å². The van der Waals surface area contributed by atoms with Gasteiger partial charge in [0, 0.05) is 13.0 Å². The number of carbonyl (C=O) groups is 1. The summed E-state index contributed by atoms with van der Waals surface area (Å²) in [5, 5.41) is 3.05. The molecule has 0 spiro atoms. The van der Waals surface area contributed by atoms with Gasteiger partial charge in [-0.3, -0.25) is 9.69 Å². The first-order valence-electron chi connectivity index (χ1n) is 8.65. The number of aromatic nitrogens is 2. The number of hydrogen-bond acceptors (Lipinski definition) is 3. The summed E-state index contributed by atoms with van der Waals surface area (Å²) < 4.78 is 0. The van der Waals surface area contributed by atoms with E-state index < -0.39 is 0 Å². The zero-order valence-corrected chi connectivity index (χ0v) is 14.7. The van der Waals surface area contributed by atoms with Gasteiger partial charge in [0.15, 0.2) is 0 Å². The van der Waals surface area contributed by atoms with Crippen molar-refractivity contribution >= 4 is 16.9 Å². The largest absolute Gasteiger partial charge is 0.354 e. The minimum absolute atomic E-state index is 0.0201. The second kappa shape index (κ2) is 7.94. The average Bonchev–Trinajstić information content (AvgIpc) is 3.05. The summed E-state index contributed by atoms with van der Waals surface area (Å²) in [6.45, 7) is 3.41. The summed E-state index contributed by atoms with van der Waals surface area (Å²) in [6.07, 6.45) is 0.678. The number of hydrogen-bond donors (Lipinski definition) is 2. The molecule has 0 aliphatic rings. The summed E-state index contributed by atoms with van der Waals surface area (Å²) in [6, 6.07) is 17.6. The Bertz CT molecular complexity index is 795. The van der Waals surface area contributed by atoms with Gasteiger partial charge in [-0.1, -0.05) is 49.4 Å². The van der Waals surface area contributed by atoms with E-state index in [1.165, 1.54) is 0 Å². The smallest absolute Gasteiger partial charge is 0.241 e. The monoisotopic (exact) mass is 336 g/mol. The Kier molecular flexibility index (Phi) is 5.46. The Morgan fingerprint density at radius 3 is 2.60 bits per heavy atom. The highest BCUT2D eigenvalue weighted by atomic mass is 16.2. The normalized spacial score (nSPS) is 12.4. The standard InChI is InChI=1S/C20H24N4O/c1-3-24(2)19(15-9-5-4-6-10-15)20(25)21-14-13-18-22-16-11-7-8-12-17(16)23-18/h4-12,19H,3,13-14H2,1-2H3,(H,21,25)(H,22,23)/t19-/m0/s1. The molecule has 130 valence electrons. The number of H-pyrrole nitrogens is 1. The molecule has 2 aromatic carbocycles. The van der Waals surface area contributed by atoms with E-state index in [9.17, 15) is 4.79 Å². The zero-order valence-electron chi connectivity index (χ0n) is 14.7. The number of benzene rings is 2. The lowest BCUT2D eigenvalue weighted by Crippen LogP contribution is -2.39. The van der Waals surface area contributed by atoms with Crippen molar-refractivity contribution in [2.45, 2.75) is 19.4 Å². The number of rotatable bonds is 7. The molecule has 1 atom stereocenters. The van der Waals surface area contributed by atoms with Crippen molar-refractivity contribution in [3.05, 3.63) is 66.0 Å². The number of nitrogens with zero attached hydrogens (tertiary/aromatic N) is 2. The molecular formula is C20H24N4O. The summed E-state index contributed by atoms with van der Waals surface area (Å²) in [7, 11) is 1.97. The van der Waals surface area contributed by atoms with Crippen molar-refractivity contribution in [2.75, 3.05) is 20.1 Å². The third-order valence-corrected chi connectivity index (χ3v) is 4.40. The van der Waals surface area contributed by atoms with Crippen LogP contribution in [0, 0.1) is 0 Å². The molecule has 0 unspecified atom stereocenters. The van der Waals surface area contributed by atoms with Crippen molar-refractivity contribution in [1.29, 1.82) is 0 Å². The van der Waals surface area contributed by atoms with Crippen LogP contribution in [0.2, 0.25) is 0 Å². The first-order valence-corrected chi connectivity index (χ1v) is 8.65. The number of amides is 1. The Balaban J connectivity index is 1.63. The fourth-order valence-electron chi connectivity index (χ4n) is 2.95. The van der Waals surface area contributed by atoms with E-state index in [1.54, 1.807) is 0 Å². The van der Waals surface area contributed by atoms with Gasteiger partial charge in [-0.05, 0) is 31.3 Å². The molecule has 5 heteroatoms. The Labute approximate surface area is 148 Å². The molecule has 0 fully saturated rings. The minimum Gasteiger partial charge on any atom is -0.354 e. The summed E-state index contributed by atoms with van der Waals surface area (Å²) in [4.78, 5) is 22.6. The predicted octanol–water partition coefficient (Wildman–Crippen LogP) is 2.91. The Morgan fingerprint density at radius 2 is 1.88 bits per heavy atom. The Morgan fingerprint density at radius 1 is 1.16 bits per heavy atom. The third kappa shape index (κ3) is 4.06. The molecule has 1 amide bonds. The number of fused-ring (bicyclic) bond motifs is 1. The molecule has 0 saturated carbocycles. The lowest BCUT2D eigenvalue weighted by molar-refractivity contribution is -0.126.